The highest BCUT2D eigenvalue weighted by Crippen LogP contribution is 2.32. The van der Waals surface area contributed by atoms with Gasteiger partial charge in [-0.15, -0.1) is 0 Å². The number of fused-ring (bicyclic) bond motifs is 1. The summed E-state index contributed by atoms with van der Waals surface area (Å²) in [5.74, 6) is 1.08. The molecule has 1 saturated heterocycles. The number of benzene rings is 1. The van der Waals surface area contributed by atoms with Crippen molar-refractivity contribution < 1.29 is 23.7 Å². The molecule has 26 heavy (non-hydrogen) atoms. The maximum atomic E-state index is 12.6. The van der Waals surface area contributed by atoms with E-state index in [1.165, 1.54) is 0 Å². The fourth-order valence-corrected chi connectivity index (χ4v) is 3.01. The van der Waals surface area contributed by atoms with Crippen molar-refractivity contribution in [3.05, 3.63) is 53.9 Å². The Balaban J connectivity index is 1.39. The van der Waals surface area contributed by atoms with Crippen molar-refractivity contribution in [1.82, 2.24) is 10.3 Å². The second-order valence-corrected chi connectivity index (χ2v) is 6.18. The van der Waals surface area contributed by atoms with E-state index in [4.69, 9.17) is 18.9 Å². The van der Waals surface area contributed by atoms with Crippen molar-refractivity contribution in [2.75, 3.05) is 20.0 Å². The molecular formula is C19H20N2O5. The summed E-state index contributed by atoms with van der Waals surface area (Å²) in [7, 11) is 0. The van der Waals surface area contributed by atoms with Crippen LogP contribution in [0.2, 0.25) is 0 Å². The lowest BCUT2D eigenvalue weighted by molar-refractivity contribution is -0.0743. The number of carbonyl (C=O) groups excluding carboxylic acids is 1. The first kappa shape index (κ1) is 16.8. The van der Waals surface area contributed by atoms with E-state index in [0.29, 0.717) is 43.3 Å². The van der Waals surface area contributed by atoms with Crippen LogP contribution in [0.5, 0.6) is 11.5 Å². The lowest BCUT2D eigenvalue weighted by atomic mass is 10.0. The SMILES string of the molecule is O=C(N[C@@H]1CCOC[C@H]1OCc1ccccn1)c1ccc2c(c1)OCO2. The van der Waals surface area contributed by atoms with Crippen LogP contribution in [-0.4, -0.2) is 43.0 Å². The zero-order valence-corrected chi connectivity index (χ0v) is 14.2. The quantitative estimate of drug-likeness (QED) is 0.882. The van der Waals surface area contributed by atoms with E-state index in [-0.39, 0.29) is 24.8 Å². The number of carbonyl (C=O) groups is 1. The Hall–Kier alpha value is -2.64. The van der Waals surface area contributed by atoms with E-state index >= 15 is 0 Å². The molecule has 2 aliphatic heterocycles. The summed E-state index contributed by atoms with van der Waals surface area (Å²) in [5.41, 5.74) is 1.38. The van der Waals surface area contributed by atoms with Gasteiger partial charge in [0.1, 0.15) is 6.10 Å². The number of hydrogen-bond donors (Lipinski definition) is 1. The minimum atomic E-state index is -0.219. The molecule has 0 bridgehead atoms. The van der Waals surface area contributed by atoms with Gasteiger partial charge in [-0.2, -0.15) is 0 Å². The van der Waals surface area contributed by atoms with Gasteiger partial charge in [0.2, 0.25) is 6.79 Å². The molecule has 0 unspecified atom stereocenters. The molecule has 0 saturated carbocycles. The highest BCUT2D eigenvalue weighted by Gasteiger charge is 2.29. The van der Waals surface area contributed by atoms with Crippen molar-refractivity contribution in [3.8, 4) is 11.5 Å². The summed E-state index contributed by atoms with van der Waals surface area (Å²) in [6.45, 7) is 1.60. The van der Waals surface area contributed by atoms with Gasteiger partial charge in [0.25, 0.3) is 5.91 Å². The van der Waals surface area contributed by atoms with Gasteiger partial charge in [0.15, 0.2) is 11.5 Å². The lowest BCUT2D eigenvalue weighted by Crippen LogP contribution is -2.50. The molecule has 1 N–H and O–H groups in total. The van der Waals surface area contributed by atoms with Crippen LogP contribution in [-0.2, 0) is 16.1 Å². The van der Waals surface area contributed by atoms with Gasteiger partial charge in [0, 0.05) is 18.4 Å². The normalized spacial score (nSPS) is 21.4. The topological polar surface area (TPSA) is 78.9 Å². The Morgan fingerprint density at radius 2 is 2.15 bits per heavy atom. The third-order valence-electron chi connectivity index (χ3n) is 4.43. The molecule has 4 rings (SSSR count). The van der Waals surface area contributed by atoms with Crippen LogP contribution in [0.25, 0.3) is 0 Å². The molecule has 0 spiro atoms. The van der Waals surface area contributed by atoms with E-state index < -0.39 is 0 Å². The molecule has 7 heteroatoms. The molecule has 2 aliphatic rings. The van der Waals surface area contributed by atoms with Crippen LogP contribution >= 0.6 is 0 Å². The maximum Gasteiger partial charge on any atom is 0.251 e. The minimum Gasteiger partial charge on any atom is -0.454 e. The average Bonchev–Trinajstić information content (AvgIpc) is 3.16. The van der Waals surface area contributed by atoms with Crippen molar-refractivity contribution in [2.45, 2.75) is 25.2 Å². The van der Waals surface area contributed by atoms with Crippen LogP contribution in [0.4, 0.5) is 0 Å². The van der Waals surface area contributed by atoms with Gasteiger partial charge in [0.05, 0.1) is 24.9 Å². The number of rotatable bonds is 5. The molecule has 1 amide bonds. The molecule has 0 radical (unpaired) electrons. The number of pyridine rings is 1. The number of aromatic nitrogens is 1. The van der Waals surface area contributed by atoms with Crippen molar-refractivity contribution in [2.24, 2.45) is 0 Å². The first-order valence-corrected chi connectivity index (χ1v) is 8.59. The zero-order chi connectivity index (χ0) is 17.8. The van der Waals surface area contributed by atoms with Crippen LogP contribution < -0.4 is 14.8 Å². The van der Waals surface area contributed by atoms with E-state index in [1.807, 2.05) is 18.2 Å². The zero-order valence-electron chi connectivity index (χ0n) is 14.2. The minimum absolute atomic E-state index is 0.120. The van der Waals surface area contributed by atoms with E-state index in [1.54, 1.807) is 24.4 Å². The van der Waals surface area contributed by atoms with Crippen LogP contribution in [0.15, 0.2) is 42.6 Å². The summed E-state index contributed by atoms with van der Waals surface area (Å²) in [6, 6.07) is 10.7. The number of ether oxygens (including phenoxy) is 4. The molecule has 2 aromatic rings. The van der Waals surface area contributed by atoms with E-state index in [9.17, 15) is 4.79 Å². The monoisotopic (exact) mass is 356 g/mol. The number of nitrogens with one attached hydrogen (secondary N) is 1. The molecule has 3 heterocycles. The van der Waals surface area contributed by atoms with E-state index in [0.717, 1.165) is 5.69 Å². The predicted octanol–water partition coefficient (Wildman–Crippen LogP) is 1.91. The Morgan fingerprint density at radius 1 is 1.23 bits per heavy atom. The van der Waals surface area contributed by atoms with Gasteiger partial charge in [-0.3, -0.25) is 9.78 Å². The first-order valence-electron chi connectivity index (χ1n) is 8.59. The fraction of sp³-hybridized carbons (Fsp3) is 0.368. The lowest BCUT2D eigenvalue weighted by Gasteiger charge is -2.32. The average molecular weight is 356 g/mol. The summed E-state index contributed by atoms with van der Waals surface area (Å²) < 4.78 is 22.1. The number of hydrogen-bond acceptors (Lipinski definition) is 6. The Morgan fingerprint density at radius 3 is 3.04 bits per heavy atom. The second kappa shape index (κ2) is 7.72. The molecule has 1 fully saturated rings. The molecule has 1 aromatic heterocycles. The summed E-state index contributed by atoms with van der Waals surface area (Å²) in [6.07, 6.45) is 2.21. The van der Waals surface area contributed by atoms with Crippen LogP contribution in [0.1, 0.15) is 22.5 Å². The highest BCUT2D eigenvalue weighted by molar-refractivity contribution is 5.95. The van der Waals surface area contributed by atoms with Gasteiger partial charge in [-0.25, -0.2) is 0 Å². The van der Waals surface area contributed by atoms with Gasteiger partial charge >= 0.3 is 0 Å². The predicted molar refractivity (Wildman–Crippen MR) is 92.1 cm³/mol. The Kier molecular flexibility index (Phi) is 4.99. The van der Waals surface area contributed by atoms with Gasteiger partial charge in [-0.1, -0.05) is 6.07 Å². The first-order chi connectivity index (χ1) is 12.8. The second-order valence-electron chi connectivity index (χ2n) is 6.18. The highest BCUT2D eigenvalue weighted by atomic mass is 16.7. The molecule has 1 aromatic carbocycles. The molecule has 7 nitrogen and oxygen atoms in total. The Bertz CT molecular complexity index is 768. The number of amides is 1. The summed E-state index contributed by atoms with van der Waals surface area (Å²) >= 11 is 0. The molecule has 0 aliphatic carbocycles. The summed E-state index contributed by atoms with van der Waals surface area (Å²) in [5, 5.41) is 3.05. The molecule has 2 atom stereocenters. The third-order valence-corrected chi connectivity index (χ3v) is 4.43. The maximum absolute atomic E-state index is 12.6. The van der Waals surface area contributed by atoms with Gasteiger partial charge in [-0.05, 0) is 36.8 Å². The van der Waals surface area contributed by atoms with E-state index in [2.05, 4.69) is 10.3 Å². The van der Waals surface area contributed by atoms with Crippen LogP contribution in [0.3, 0.4) is 0 Å². The molecular weight excluding hydrogens is 336 g/mol. The largest absolute Gasteiger partial charge is 0.454 e. The summed E-state index contributed by atoms with van der Waals surface area (Å²) in [4.78, 5) is 16.9. The smallest absolute Gasteiger partial charge is 0.251 e. The van der Waals surface area contributed by atoms with Gasteiger partial charge < -0.3 is 24.3 Å². The van der Waals surface area contributed by atoms with Crippen molar-refractivity contribution in [3.63, 3.8) is 0 Å². The van der Waals surface area contributed by atoms with Crippen molar-refractivity contribution in [1.29, 1.82) is 0 Å². The standard InChI is InChI=1S/C19H20N2O5/c22-19(13-4-5-16-17(9-13)26-12-25-16)21-15-6-8-23-11-18(15)24-10-14-3-1-2-7-20-14/h1-5,7,9,15,18H,6,8,10-12H2,(H,21,22)/t15-,18-/m1/s1. The van der Waals surface area contributed by atoms with Crippen molar-refractivity contribution >= 4 is 5.91 Å². The fourth-order valence-electron chi connectivity index (χ4n) is 3.01. The van der Waals surface area contributed by atoms with Crippen LogP contribution in [0, 0.1) is 0 Å². The number of nitrogens with zero attached hydrogens (tertiary/aromatic N) is 1. The third kappa shape index (κ3) is 3.79. The Labute approximate surface area is 151 Å². The molecule has 136 valence electrons.